The quantitative estimate of drug-likeness (QED) is 0.895. The zero-order valence-electron chi connectivity index (χ0n) is 14.3. The van der Waals surface area contributed by atoms with Gasteiger partial charge in [-0.05, 0) is 45.7 Å². The van der Waals surface area contributed by atoms with Crippen molar-refractivity contribution in [3.05, 3.63) is 29.8 Å². The van der Waals surface area contributed by atoms with Crippen LogP contribution in [0.1, 0.15) is 44.0 Å². The minimum atomic E-state index is -0.465. The molecular weight excluding hydrogens is 306 g/mol. The number of hydrogen-bond donors (Lipinski definition) is 1. The van der Waals surface area contributed by atoms with E-state index in [2.05, 4.69) is 5.32 Å². The van der Waals surface area contributed by atoms with Gasteiger partial charge in [-0.1, -0.05) is 12.1 Å². The van der Waals surface area contributed by atoms with Crippen LogP contribution in [0.25, 0.3) is 0 Å². The highest BCUT2D eigenvalue weighted by atomic mass is 16.2. The standard InChI is InChI=1S/C18H23N3O3/c1-18(2,3)19-15(22)11-21-13-8-5-4-7-12(13)16(23)20-10-6-9-14(20)17(21)24/h4-5,7-8,14H,6,9-11H2,1-3H3,(H,19,22)/t14-/m0/s1. The summed E-state index contributed by atoms with van der Waals surface area (Å²) in [5, 5.41) is 2.88. The second kappa shape index (κ2) is 5.92. The van der Waals surface area contributed by atoms with Crippen molar-refractivity contribution < 1.29 is 14.4 Å². The molecule has 0 spiro atoms. The summed E-state index contributed by atoms with van der Waals surface area (Å²) >= 11 is 0. The zero-order chi connectivity index (χ0) is 17.5. The van der Waals surface area contributed by atoms with E-state index in [0.717, 1.165) is 6.42 Å². The number of hydrogen-bond acceptors (Lipinski definition) is 3. The fraction of sp³-hybridized carbons (Fsp3) is 0.500. The molecule has 2 heterocycles. The molecule has 6 nitrogen and oxygen atoms in total. The Morgan fingerprint density at radius 2 is 1.96 bits per heavy atom. The van der Waals surface area contributed by atoms with Gasteiger partial charge in [0.15, 0.2) is 0 Å². The van der Waals surface area contributed by atoms with Crippen molar-refractivity contribution in [2.75, 3.05) is 18.0 Å². The summed E-state index contributed by atoms with van der Waals surface area (Å²) in [5.74, 6) is -0.528. The Morgan fingerprint density at radius 3 is 2.67 bits per heavy atom. The Hall–Kier alpha value is -2.37. The first kappa shape index (κ1) is 16.5. The SMILES string of the molecule is CC(C)(C)NC(=O)CN1C(=O)[C@@H]2CCCN2C(=O)c2ccccc21. The van der Waals surface area contributed by atoms with Gasteiger partial charge in [-0.3, -0.25) is 14.4 Å². The van der Waals surface area contributed by atoms with E-state index < -0.39 is 6.04 Å². The summed E-state index contributed by atoms with van der Waals surface area (Å²) in [5.41, 5.74) is 0.630. The summed E-state index contributed by atoms with van der Waals surface area (Å²) in [6.07, 6.45) is 1.46. The number of carbonyl (C=O) groups excluding carboxylic acids is 3. The second-order valence-corrected chi connectivity index (χ2v) is 7.40. The van der Waals surface area contributed by atoms with Crippen LogP contribution in [0.4, 0.5) is 5.69 Å². The van der Waals surface area contributed by atoms with Crippen LogP contribution >= 0.6 is 0 Å². The van der Waals surface area contributed by atoms with Gasteiger partial charge in [0, 0.05) is 12.1 Å². The van der Waals surface area contributed by atoms with Crippen molar-refractivity contribution in [3.8, 4) is 0 Å². The van der Waals surface area contributed by atoms with Gasteiger partial charge in [0.2, 0.25) is 11.8 Å². The molecule has 24 heavy (non-hydrogen) atoms. The third kappa shape index (κ3) is 3.00. The van der Waals surface area contributed by atoms with Crippen LogP contribution in [0.5, 0.6) is 0 Å². The van der Waals surface area contributed by atoms with Crippen LogP contribution in [0.15, 0.2) is 24.3 Å². The van der Waals surface area contributed by atoms with E-state index in [1.165, 1.54) is 4.90 Å². The smallest absolute Gasteiger partial charge is 0.256 e. The fourth-order valence-electron chi connectivity index (χ4n) is 3.37. The molecule has 0 unspecified atom stereocenters. The predicted molar refractivity (Wildman–Crippen MR) is 90.7 cm³/mol. The lowest BCUT2D eigenvalue weighted by Gasteiger charge is -2.27. The maximum absolute atomic E-state index is 13.0. The molecule has 2 aliphatic rings. The normalized spacial score (nSPS) is 20.5. The van der Waals surface area contributed by atoms with Crippen molar-refractivity contribution in [2.45, 2.75) is 45.2 Å². The highest BCUT2D eigenvalue weighted by Gasteiger charge is 2.42. The molecule has 1 atom stereocenters. The summed E-state index contributed by atoms with van der Waals surface area (Å²) < 4.78 is 0. The highest BCUT2D eigenvalue weighted by molar-refractivity contribution is 6.12. The van der Waals surface area contributed by atoms with Crippen molar-refractivity contribution in [2.24, 2.45) is 0 Å². The molecule has 2 aliphatic heterocycles. The number of carbonyl (C=O) groups is 3. The van der Waals surface area contributed by atoms with Crippen molar-refractivity contribution in [1.82, 2.24) is 10.2 Å². The first-order valence-corrected chi connectivity index (χ1v) is 8.30. The fourth-order valence-corrected chi connectivity index (χ4v) is 3.37. The zero-order valence-corrected chi connectivity index (χ0v) is 14.3. The second-order valence-electron chi connectivity index (χ2n) is 7.40. The minimum Gasteiger partial charge on any atom is -0.350 e. The van der Waals surface area contributed by atoms with Crippen LogP contribution in [0.3, 0.4) is 0 Å². The Balaban J connectivity index is 1.97. The van der Waals surface area contributed by atoms with Crippen molar-refractivity contribution in [3.63, 3.8) is 0 Å². The molecule has 0 radical (unpaired) electrons. The molecular formula is C18H23N3O3. The van der Waals surface area contributed by atoms with Crippen LogP contribution in [0.2, 0.25) is 0 Å². The van der Waals surface area contributed by atoms with Gasteiger partial charge in [0.1, 0.15) is 12.6 Å². The largest absolute Gasteiger partial charge is 0.350 e. The van der Waals surface area contributed by atoms with Crippen LogP contribution in [0, 0.1) is 0 Å². The van der Waals surface area contributed by atoms with E-state index in [9.17, 15) is 14.4 Å². The first-order chi connectivity index (χ1) is 11.3. The summed E-state index contributed by atoms with van der Waals surface area (Å²) in [6, 6.07) is 6.56. The number of para-hydroxylation sites is 1. The van der Waals surface area contributed by atoms with E-state index in [4.69, 9.17) is 0 Å². The predicted octanol–water partition coefficient (Wildman–Crippen LogP) is 1.55. The molecule has 3 amide bonds. The van der Waals surface area contributed by atoms with E-state index >= 15 is 0 Å². The molecule has 0 saturated carbocycles. The minimum absolute atomic E-state index is 0.0786. The molecule has 1 aromatic rings. The molecule has 0 aromatic heterocycles. The van der Waals surface area contributed by atoms with E-state index in [1.54, 1.807) is 29.2 Å². The van der Waals surface area contributed by atoms with Gasteiger partial charge in [-0.25, -0.2) is 0 Å². The summed E-state index contributed by atoms with van der Waals surface area (Å²) in [4.78, 5) is 41.2. The van der Waals surface area contributed by atoms with Gasteiger partial charge in [-0.2, -0.15) is 0 Å². The molecule has 0 bridgehead atoms. The maximum Gasteiger partial charge on any atom is 0.256 e. The average Bonchev–Trinajstić information content (AvgIpc) is 2.96. The molecule has 1 aromatic carbocycles. The van der Waals surface area contributed by atoms with E-state index in [0.29, 0.717) is 24.2 Å². The number of benzene rings is 1. The monoisotopic (exact) mass is 329 g/mol. The number of nitrogens with zero attached hydrogens (tertiary/aromatic N) is 2. The van der Waals surface area contributed by atoms with E-state index in [1.807, 2.05) is 20.8 Å². The van der Waals surface area contributed by atoms with Crippen molar-refractivity contribution in [1.29, 1.82) is 0 Å². The van der Waals surface area contributed by atoms with Crippen molar-refractivity contribution >= 4 is 23.4 Å². The molecule has 0 aliphatic carbocycles. The van der Waals surface area contributed by atoms with Gasteiger partial charge in [0.05, 0.1) is 11.3 Å². The molecule has 1 fully saturated rings. The average molecular weight is 329 g/mol. The number of amides is 3. The molecule has 1 N–H and O–H groups in total. The van der Waals surface area contributed by atoms with Crippen LogP contribution < -0.4 is 10.2 Å². The lowest BCUT2D eigenvalue weighted by atomic mass is 10.1. The van der Waals surface area contributed by atoms with E-state index in [-0.39, 0.29) is 29.8 Å². The Bertz CT molecular complexity index is 693. The van der Waals surface area contributed by atoms with Gasteiger partial charge < -0.3 is 15.1 Å². The Kier molecular flexibility index (Phi) is 4.07. The number of nitrogens with one attached hydrogen (secondary N) is 1. The number of fused-ring (bicyclic) bond motifs is 2. The molecule has 3 rings (SSSR count). The van der Waals surface area contributed by atoms with Gasteiger partial charge in [0.25, 0.3) is 5.91 Å². The Morgan fingerprint density at radius 1 is 1.25 bits per heavy atom. The first-order valence-electron chi connectivity index (χ1n) is 8.30. The Labute approximate surface area is 141 Å². The summed E-state index contributed by atoms with van der Waals surface area (Å²) in [6.45, 7) is 6.19. The molecule has 128 valence electrons. The number of anilines is 1. The maximum atomic E-state index is 13.0. The lowest BCUT2D eigenvalue weighted by Crippen LogP contribution is -2.50. The van der Waals surface area contributed by atoms with Crippen LogP contribution in [-0.4, -0.2) is 47.3 Å². The van der Waals surface area contributed by atoms with Gasteiger partial charge >= 0.3 is 0 Å². The molecule has 1 saturated heterocycles. The highest BCUT2D eigenvalue weighted by Crippen LogP contribution is 2.32. The third-order valence-corrected chi connectivity index (χ3v) is 4.31. The lowest BCUT2D eigenvalue weighted by molar-refractivity contribution is -0.126. The van der Waals surface area contributed by atoms with Gasteiger partial charge in [-0.15, -0.1) is 0 Å². The number of rotatable bonds is 2. The molecule has 6 heteroatoms. The third-order valence-electron chi connectivity index (χ3n) is 4.31. The topological polar surface area (TPSA) is 69.7 Å². The summed E-state index contributed by atoms with van der Waals surface area (Å²) in [7, 11) is 0. The van der Waals surface area contributed by atoms with Crippen LogP contribution in [-0.2, 0) is 9.59 Å².